The molecule has 2 heterocycles. The van der Waals surface area contributed by atoms with Gasteiger partial charge in [0.2, 0.25) is 5.95 Å². The van der Waals surface area contributed by atoms with Gasteiger partial charge in [0.15, 0.2) is 11.5 Å². The number of benzene rings is 1. The van der Waals surface area contributed by atoms with Crippen LogP contribution in [0.15, 0.2) is 12.1 Å². The maximum Gasteiger partial charge on any atom is 0.201 e. The van der Waals surface area contributed by atoms with Gasteiger partial charge in [0, 0.05) is 24.7 Å². The number of imidazole rings is 1. The van der Waals surface area contributed by atoms with Crippen LogP contribution in [0.5, 0.6) is 11.5 Å². The minimum atomic E-state index is 0.512. The molecule has 1 fully saturated rings. The zero-order valence-corrected chi connectivity index (χ0v) is 12.8. The monoisotopic (exact) mass is 290 g/mol. The number of rotatable bonds is 4. The number of methoxy groups -OCH3 is 2. The van der Waals surface area contributed by atoms with Crippen molar-refractivity contribution in [2.45, 2.75) is 25.4 Å². The van der Waals surface area contributed by atoms with Crippen molar-refractivity contribution in [1.29, 1.82) is 0 Å². The Hall–Kier alpha value is -1.95. The maximum absolute atomic E-state index is 6.11. The first-order valence-electron chi connectivity index (χ1n) is 7.22. The van der Waals surface area contributed by atoms with Crippen LogP contribution in [0.2, 0.25) is 0 Å². The van der Waals surface area contributed by atoms with Crippen molar-refractivity contribution in [2.24, 2.45) is 0 Å². The Morgan fingerprint density at radius 3 is 2.62 bits per heavy atom. The fourth-order valence-corrected chi connectivity index (χ4v) is 3.08. The van der Waals surface area contributed by atoms with Gasteiger partial charge in [-0.2, -0.15) is 0 Å². The van der Waals surface area contributed by atoms with Gasteiger partial charge < -0.3 is 24.7 Å². The summed E-state index contributed by atoms with van der Waals surface area (Å²) in [6.45, 7) is 2.00. The standard InChI is InChI=1S/C15H22N4O2/c1-18-6-4-5-10(18)9-19-12-8-14(21-3)13(20-2)7-11(12)17-15(19)16/h7-8,10H,4-6,9H2,1-3H3,(H2,16,17). The highest BCUT2D eigenvalue weighted by atomic mass is 16.5. The summed E-state index contributed by atoms with van der Waals surface area (Å²) < 4.78 is 12.8. The number of nitrogens with zero attached hydrogens (tertiary/aromatic N) is 3. The number of ether oxygens (including phenoxy) is 2. The van der Waals surface area contributed by atoms with Crippen molar-refractivity contribution in [3.63, 3.8) is 0 Å². The molecular weight excluding hydrogens is 268 g/mol. The van der Waals surface area contributed by atoms with Crippen LogP contribution in [0.4, 0.5) is 5.95 Å². The van der Waals surface area contributed by atoms with Gasteiger partial charge in [-0.3, -0.25) is 0 Å². The van der Waals surface area contributed by atoms with Crippen molar-refractivity contribution in [1.82, 2.24) is 14.5 Å². The molecule has 0 spiro atoms. The van der Waals surface area contributed by atoms with E-state index in [9.17, 15) is 0 Å². The molecular formula is C15H22N4O2. The first kappa shape index (κ1) is 14.0. The second-order valence-corrected chi connectivity index (χ2v) is 5.55. The molecule has 1 saturated heterocycles. The average molecular weight is 290 g/mol. The molecule has 6 heteroatoms. The molecule has 0 amide bonds. The Labute approximate surface area is 124 Å². The minimum Gasteiger partial charge on any atom is -0.493 e. The van der Waals surface area contributed by atoms with Gasteiger partial charge >= 0.3 is 0 Å². The van der Waals surface area contributed by atoms with Crippen LogP contribution in [0, 0.1) is 0 Å². The van der Waals surface area contributed by atoms with Gasteiger partial charge in [-0.25, -0.2) is 4.98 Å². The van der Waals surface area contributed by atoms with Crippen LogP contribution in [0.1, 0.15) is 12.8 Å². The van der Waals surface area contributed by atoms with E-state index in [1.165, 1.54) is 12.8 Å². The third kappa shape index (κ3) is 2.40. The molecule has 0 radical (unpaired) electrons. The predicted octanol–water partition coefficient (Wildman–Crippen LogP) is 1.73. The first-order chi connectivity index (χ1) is 10.1. The predicted molar refractivity (Wildman–Crippen MR) is 82.9 cm³/mol. The van der Waals surface area contributed by atoms with E-state index in [-0.39, 0.29) is 0 Å². The fraction of sp³-hybridized carbons (Fsp3) is 0.533. The Kier molecular flexibility index (Phi) is 3.63. The number of likely N-dealkylation sites (tertiary alicyclic amines) is 1. The zero-order valence-electron chi connectivity index (χ0n) is 12.8. The summed E-state index contributed by atoms with van der Waals surface area (Å²) in [6.07, 6.45) is 2.44. The molecule has 2 N–H and O–H groups in total. The average Bonchev–Trinajstić information content (AvgIpc) is 3.02. The molecule has 1 aliphatic rings. The summed E-state index contributed by atoms with van der Waals surface area (Å²) in [5.41, 5.74) is 7.94. The number of hydrogen-bond donors (Lipinski definition) is 1. The summed E-state index contributed by atoms with van der Waals surface area (Å²) in [4.78, 5) is 6.83. The molecule has 1 atom stereocenters. The van der Waals surface area contributed by atoms with E-state index in [4.69, 9.17) is 15.2 Å². The van der Waals surface area contributed by atoms with E-state index >= 15 is 0 Å². The van der Waals surface area contributed by atoms with Crippen LogP contribution in [0.25, 0.3) is 11.0 Å². The van der Waals surface area contributed by atoms with Crippen molar-refractivity contribution in [3.05, 3.63) is 12.1 Å². The summed E-state index contributed by atoms with van der Waals surface area (Å²) in [6, 6.07) is 4.34. The van der Waals surface area contributed by atoms with E-state index in [0.29, 0.717) is 23.5 Å². The van der Waals surface area contributed by atoms with Gasteiger partial charge in [-0.15, -0.1) is 0 Å². The van der Waals surface area contributed by atoms with E-state index < -0.39 is 0 Å². The van der Waals surface area contributed by atoms with Gasteiger partial charge in [0.05, 0.1) is 25.3 Å². The number of nitrogen functional groups attached to an aromatic ring is 1. The molecule has 1 unspecified atom stereocenters. The summed E-state index contributed by atoms with van der Waals surface area (Å²) >= 11 is 0. The Balaban J connectivity index is 2.03. The lowest BCUT2D eigenvalue weighted by molar-refractivity contribution is 0.285. The smallest absolute Gasteiger partial charge is 0.201 e. The van der Waals surface area contributed by atoms with Gasteiger partial charge in [0.25, 0.3) is 0 Å². The second kappa shape index (κ2) is 5.44. The highest BCUT2D eigenvalue weighted by molar-refractivity contribution is 5.82. The minimum absolute atomic E-state index is 0.512. The fourth-order valence-electron chi connectivity index (χ4n) is 3.08. The molecule has 0 bridgehead atoms. The number of nitrogens with two attached hydrogens (primary N) is 1. The van der Waals surface area contributed by atoms with Gasteiger partial charge in [0.1, 0.15) is 0 Å². The van der Waals surface area contributed by atoms with E-state index in [1.807, 2.05) is 12.1 Å². The lowest BCUT2D eigenvalue weighted by Crippen LogP contribution is -2.29. The SMILES string of the molecule is COc1cc2nc(N)n(CC3CCCN3C)c2cc1OC. The van der Waals surface area contributed by atoms with E-state index in [0.717, 1.165) is 24.1 Å². The molecule has 0 saturated carbocycles. The van der Waals surface area contributed by atoms with Crippen molar-refractivity contribution < 1.29 is 9.47 Å². The van der Waals surface area contributed by atoms with Gasteiger partial charge in [-0.1, -0.05) is 0 Å². The molecule has 114 valence electrons. The lowest BCUT2D eigenvalue weighted by Gasteiger charge is -2.20. The normalized spacial score (nSPS) is 19.3. The van der Waals surface area contributed by atoms with Crippen LogP contribution in [0.3, 0.4) is 0 Å². The Morgan fingerprint density at radius 1 is 1.29 bits per heavy atom. The summed E-state index contributed by atoms with van der Waals surface area (Å²) in [5.74, 6) is 1.92. The van der Waals surface area contributed by atoms with E-state index in [2.05, 4.69) is 21.5 Å². The topological polar surface area (TPSA) is 65.5 Å². The largest absolute Gasteiger partial charge is 0.493 e. The Bertz CT molecular complexity index is 653. The van der Waals surface area contributed by atoms with Gasteiger partial charge in [-0.05, 0) is 26.4 Å². The zero-order chi connectivity index (χ0) is 15.0. The third-order valence-electron chi connectivity index (χ3n) is 4.35. The molecule has 0 aliphatic carbocycles. The molecule has 6 nitrogen and oxygen atoms in total. The number of aromatic nitrogens is 2. The van der Waals surface area contributed by atoms with Crippen molar-refractivity contribution in [3.8, 4) is 11.5 Å². The molecule has 3 rings (SSSR count). The summed E-state index contributed by atoms with van der Waals surface area (Å²) in [5, 5.41) is 0. The number of likely N-dealkylation sites (N-methyl/N-ethyl adjacent to an activating group) is 1. The van der Waals surface area contributed by atoms with E-state index in [1.54, 1.807) is 14.2 Å². The lowest BCUT2D eigenvalue weighted by atomic mass is 10.2. The highest BCUT2D eigenvalue weighted by Crippen LogP contribution is 2.33. The van der Waals surface area contributed by atoms with Crippen LogP contribution in [-0.4, -0.2) is 48.3 Å². The third-order valence-corrected chi connectivity index (χ3v) is 4.35. The van der Waals surface area contributed by atoms with Crippen LogP contribution in [-0.2, 0) is 6.54 Å². The molecule has 21 heavy (non-hydrogen) atoms. The van der Waals surface area contributed by atoms with Crippen LogP contribution < -0.4 is 15.2 Å². The molecule has 1 aromatic carbocycles. The molecule has 1 aliphatic heterocycles. The highest BCUT2D eigenvalue weighted by Gasteiger charge is 2.23. The molecule has 1 aromatic heterocycles. The van der Waals surface area contributed by atoms with Crippen molar-refractivity contribution >= 4 is 17.0 Å². The van der Waals surface area contributed by atoms with Crippen LogP contribution >= 0.6 is 0 Å². The number of fused-ring (bicyclic) bond motifs is 1. The summed E-state index contributed by atoms with van der Waals surface area (Å²) in [7, 11) is 5.42. The maximum atomic E-state index is 6.11. The Morgan fingerprint density at radius 2 is 2.00 bits per heavy atom. The van der Waals surface area contributed by atoms with Crippen molar-refractivity contribution in [2.75, 3.05) is 33.5 Å². The second-order valence-electron chi connectivity index (χ2n) is 5.55. The number of hydrogen-bond acceptors (Lipinski definition) is 5. The first-order valence-corrected chi connectivity index (χ1v) is 7.22. The number of anilines is 1. The molecule has 2 aromatic rings. The quantitative estimate of drug-likeness (QED) is 0.929.